The molecule has 2 rings (SSSR count). The van der Waals surface area contributed by atoms with E-state index in [1.807, 2.05) is 24.3 Å². The number of amides is 1. The average molecular weight is 390 g/mol. The zero-order valence-corrected chi connectivity index (χ0v) is 14.8. The number of hydrogen-bond acceptors (Lipinski definition) is 4. The maximum atomic E-state index is 12.1. The molecule has 0 aliphatic rings. The third-order valence-corrected chi connectivity index (χ3v) is 3.69. The number of benzene rings is 2. The van der Waals surface area contributed by atoms with Gasteiger partial charge in [0.15, 0.2) is 0 Å². The highest BCUT2D eigenvalue weighted by Gasteiger charge is 2.13. The molecule has 0 bridgehead atoms. The molecule has 5 nitrogen and oxygen atoms in total. The average Bonchev–Trinajstić information content (AvgIpc) is 2.61. The molecule has 2 aromatic rings. The van der Waals surface area contributed by atoms with E-state index in [2.05, 4.69) is 21.2 Å². The molecule has 24 heavy (non-hydrogen) atoms. The minimum atomic E-state index is -0.527. The second-order valence-electron chi connectivity index (χ2n) is 4.75. The number of carbonyl (C=O) groups excluding carboxylic acids is 2. The summed E-state index contributed by atoms with van der Waals surface area (Å²) in [5.41, 5.74) is 1.42. The lowest BCUT2D eigenvalue weighted by atomic mass is 10.1. The lowest BCUT2D eigenvalue weighted by Crippen LogP contribution is -2.13. The summed E-state index contributed by atoms with van der Waals surface area (Å²) in [7, 11) is 2.85. The van der Waals surface area contributed by atoms with E-state index in [9.17, 15) is 9.59 Å². The largest absolute Gasteiger partial charge is 0.496 e. The number of para-hydroxylation sites is 1. The minimum Gasteiger partial charge on any atom is -0.496 e. The fourth-order valence-electron chi connectivity index (χ4n) is 2.05. The SMILES string of the molecule is COC(=O)c1cc(Br)ccc1NC(=O)/C=C/c1ccccc1OC. The highest BCUT2D eigenvalue weighted by molar-refractivity contribution is 9.10. The van der Waals surface area contributed by atoms with E-state index in [0.29, 0.717) is 15.9 Å². The van der Waals surface area contributed by atoms with Crippen molar-refractivity contribution in [2.75, 3.05) is 19.5 Å². The van der Waals surface area contributed by atoms with Gasteiger partial charge in [0.05, 0.1) is 25.5 Å². The Bertz CT molecular complexity index is 786. The van der Waals surface area contributed by atoms with Crippen LogP contribution >= 0.6 is 15.9 Å². The number of methoxy groups -OCH3 is 2. The number of rotatable bonds is 5. The molecule has 124 valence electrons. The lowest BCUT2D eigenvalue weighted by Gasteiger charge is -2.09. The number of esters is 1. The van der Waals surface area contributed by atoms with Gasteiger partial charge in [-0.05, 0) is 30.3 Å². The molecule has 0 atom stereocenters. The normalized spacial score (nSPS) is 10.5. The summed E-state index contributed by atoms with van der Waals surface area (Å²) in [6.07, 6.45) is 3.02. The summed E-state index contributed by atoms with van der Waals surface area (Å²) in [5.74, 6) is -0.228. The first-order valence-electron chi connectivity index (χ1n) is 7.05. The van der Waals surface area contributed by atoms with Gasteiger partial charge in [-0.3, -0.25) is 4.79 Å². The number of ether oxygens (including phenoxy) is 2. The molecule has 0 fully saturated rings. The Morgan fingerprint density at radius 2 is 1.88 bits per heavy atom. The highest BCUT2D eigenvalue weighted by Crippen LogP contribution is 2.22. The van der Waals surface area contributed by atoms with Gasteiger partial charge in [0.25, 0.3) is 0 Å². The summed E-state index contributed by atoms with van der Waals surface area (Å²) in [4.78, 5) is 23.9. The molecule has 0 saturated carbocycles. The molecule has 0 aliphatic heterocycles. The molecule has 0 spiro atoms. The number of halogens is 1. The molecule has 2 aromatic carbocycles. The lowest BCUT2D eigenvalue weighted by molar-refractivity contribution is -0.111. The fraction of sp³-hybridized carbons (Fsp3) is 0.111. The fourth-order valence-corrected chi connectivity index (χ4v) is 2.41. The van der Waals surface area contributed by atoms with Crippen molar-refractivity contribution in [3.8, 4) is 5.75 Å². The number of hydrogen-bond donors (Lipinski definition) is 1. The molecule has 0 aliphatic carbocycles. The first-order chi connectivity index (χ1) is 11.5. The topological polar surface area (TPSA) is 64.6 Å². The Kier molecular flexibility index (Phi) is 6.14. The Hall–Kier alpha value is -2.60. The van der Waals surface area contributed by atoms with Gasteiger partial charge >= 0.3 is 5.97 Å². The van der Waals surface area contributed by atoms with Crippen LogP contribution in [-0.2, 0) is 9.53 Å². The van der Waals surface area contributed by atoms with Gasteiger partial charge in [-0.25, -0.2) is 4.79 Å². The van der Waals surface area contributed by atoms with Crippen molar-refractivity contribution in [2.24, 2.45) is 0 Å². The predicted molar refractivity (Wildman–Crippen MR) is 96.1 cm³/mol. The van der Waals surface area contributed by atoms with Crippen molar-refractivity contribution in [1.82, 2.24) is 0 Å². The Balaban J connectivity index is 2.18. The van der Waals surface area contributed by atoms with Crippen LogP contribution in [0.5, 0.6) is 5.75 Å². The van der Waals surface area contributed by atoms with Gasteiger partial charge in [0, 0.05) is 16.1 Å². The van der Waals surface area contributed by atoms with E-state index < -0.39 is 5.97 Å². The van der Waals surface area contributed by atoms with E-state index >= 15 is 0 Å². The zero-order chi connectivity index (χ0) is 17.5. The quantitative estimate of drug-likeness (QED) is 0.622. The number of anilines is 1. The predicted octanol–water partition coefficient (Wildman–Crippen LogP) is 3.90. The van der Waals surface area contributed by atoms with Gasteiger partial charge in [0.1, 0.15) is 5.75 Å². The maximum Gasteiger partial charge on any atom is 0.340 e. The van der Waals surface area contributed by atoms with E-state index in [4.69, 9.17) is 9.47 Å². The Morgan fingerprint density at radius 3 is 2.58 bits per heavy atom. The third kappa shape index (κ3) is 4.45. The van der Waals surface area contributed by atoms with Crippen LogP contribution in [0.1, 0.15) is 15.9 Å². The first kappa shape index (κ1) is 17.7. The summed E-state index contributed by atoms with van der Waals surface area (Å²) in [5, 5.41) is 2.67. The summed E-state index contributed by atoms with van der Waals surface area (Å²) >= 11 is 3.29. The molecular formula is C18H16BrNO4. The summed E-state index contributed by atoms with van der Waals surface area (Å²) < 4.78 is 10.7. The molecule has 0 saturated heterocycles. The third-order valence-electron chi connectivity index (χ3n) is 3.20. The minimum absolute atomic E-state index is 0.269. The second kappa shape index (κ2) is 8.31. The van der Waals surface area contributed by atoms with Gasteiger partial charge in [0.2, 0.25) is 5.91 Å². The molecule has 6 heteroatoms. The first-order valence-corrected chi connectivity index (χ1v) is 7.84. The number of carbonyl (C=O) groups is 2. The van der Waals surface area contributed by atoms with Crippen molar-refractivity contribution in [3.63, 3.8) is 0 Å². The summed E-state index contributed by atoms with van der Waals surface area (Å²) in [6, 6.07) is 12.3. The van der Waals surface area contributed by atoms with Crippen molar-refractivity contribution in [1.29, 1.82) is 0 Å². The van der Waals surface area contributed by atoms with Crippen LogP contribution in [0.3, 0.4) is 0 Å². The maximum absolute atomic E-state index is 12.1. The van der Waals surface area contributed by atoms with E-state index in [0.717, 1.165) is 5.56 Å². The van der Waals surface area contributed by atoms with Gasteiger partial charge in [-0.1, -0.05) is 34.1 Å². The van der Waals surface area contributed by atoms with Crippen molar-refractivity contribution >= 4 is 39.6 Å². The van der Waals surface area contributed by atoms with Crippen LogP contribution in [0, 0.1) is 0 Å². The van der Waals surface area contributed by atoms with Crippen LogP contribution in [0.2, 0.25) is 0 Å². The smallest absolute Gasteiger partial charge is 0.340 e. The van der Waals surface area contributed by atoms with Crippen LogP contribution in [0.4, 0.5) is 5.69 Å². The van der Waals surface area contributed by atoms with Crippen LogP contribution in [-0.4, -0.2) is 26.1 Å². The van der Waals surface area contributed by atoms with Gasteiger partial charge < -0.3 is 14.8 Å². The standard InChI is InChI=1S/C18H16BrNO4/c1-23-16-6-4-3-5-12(16)7-10-17(21)20-15-9-8-13(19)11-14(15)18(22)24-2/h3-11H,1-2H3,(H,20,21)/b10-7+. The molecule has 0 unspecified atom stereocenters. The van der Waals surface area contributed by atoms with Crippen molar-refractivity contribution in [3.05, 3.63) is 64.1 Å². The van der Waals surface area contributed by atoms with E-state index in [1.54, 1.807) is 31.4 Å². The monoisotopic (exact) mass is 389 g/mol. The molecule has 0 radical (unpaired) electrons. The van der Waals surface area contributed by atoms with Crippen LogP contribution in [0.25, 0.3) is 6.08 Å². The Morgan fingerprint density at radius 1 is 1.12 bits per heavy atom. The highest BCUT2D eigenvalue weighted by atomic mass is 79.9. The molecular weight excluding hydrogens is 374 g/mol. The van der Waals surface area contributed by atoms with Gasteiger partial charge in [-0.2, -0.15) is 0 Å². The van der Waals surface area contributed by atoms with Gasteiger partial charge in [-0.15, -0.1) is 0 Å². The molecule has 1 amide bonds. The number of nitrogens with one attached hydrogen (secondary N) is 1. The van der Waals surface area contributed by atoms with E-state index in [-0.39, 0.29) is 11.5 Å². The Labute approximate surface area is 148 Å². The van der Waals surface area contributed by atoms with Crippen LogP contribution < -0.4 is 10.1 Å². The molecule has 1 N–H and O–H groups in total. The van der Waals surface area contributed by atoms with Crippen LogP contribution in [0.15, 0.2) is 53.0 Å². The second-order valence-corrected chi connectivity index (χ2v) is 5.66. The molecule has 0 heterocycles. The summed E-state index contributed by atoms with van der Waals surface area (Å²) in [6.45, 7) is 0. The van der Waals surface area contributed by atoms with E-state index in [1.165, 1.54) is 13.2 Å². The van der Waals surface area contributed by atoms with Crippen molar-refractivity contribution in [2.45, 2.75) is 0 Å². The zero-order valence-electron chi connectivity index (χ0n) is 13.2. The van der Waals surface area contributed by atoms with Crippen molar-refractivity contribution < 1.29 is 19.1 Å². The molecule has 0 aromatic heterocycles.